The number of hydrogen-bond donors (Lipinski definition) is 2. The smallest absolute Gasteiger partial charge is 0.332 e. The van der Waals surface area contributed by atoms with Gasteiger partial charge in [0, 0.05) is 6.21 Å². The van der Waals surface area contributed by atoms with Crippen molar-refractivity contribution in [2.75, 3.05) is 6.54 Å². The van der Waals surface area contributed by atoms with Crippen LogP contribution >= 0.6 is 12.4 Å². The minimum absolute atomic E-state index is 0. The lowest BCUT2D eigenvalue weighted by Crippen LogP contribution is -2.37. The number of urea groups is 1. The lowest BCUT2D eigenvalue weighted by Gasteiger charge is -2.03. The van der Waals surface area contributed by atoms with Crippen LogP contribution in [0.1, 0.15) is 0 Å². The van der Waals surface area contributed by atoms with Crippen LogP contribution in [0.15, 0.2) is 5.10 Å². The maximum Gasteiger partial charge on any atom is 0.335 e. The molecular weight excluding hydrogens is 130 g/mol. The Morgan fingerprint density at radius 3 is 2.75 bits per heavy atom. The maximum atomic E-state index is 10.1. The van der Waals surface area contributed by atoms with Crippen molar-refractivity contribution in [3.63, 3.8) is 0 Å². The van der Waals surface area contributed by atoms with Gasteiger partial charge in [-0.15, -0.1) is 12.4 Å². The third-order valence-corrected chi connectivity index (χ3v) is 0.611. The second kappa shape index (κ2) is 3.26. The minimum Gasteiger partial charge on any atom is -0.332 e. The molecule has 0 saturated carbocycles. The Balaban J connectivity index is 0.000000490. The summed E-state index contributed by atoms with van der Waals surface area (Å²) < 4.78 is 0. The number of halogens is 1. The molecular formula is C3H6ClN3O. The number of carbonyl (C=O) groups is 1. The maximum absolute atomic E-state index is 10.1. The lowest BCUT2D eigenvalue weighted by atomic mass is 10.7. The van der Waals surface area contributed by atoms with Gasteiger partial charge in [0.2, 0.25) is 0 Å². The van der Waals surface area contributed by atoms with Crippen LogP contribution in [0.25, 0.3) is 0 Å². The Morgan fingerprint density at radius 2 is 2.50 bits per heavy atom. The van der Waals surface area contributed by atoms with E-state index in [1.807, 2.05) is 0 Å². The number of hydrogen-bond acceptors (Lipinski definition) is 2. The van der Waals surface area contributed by atoms with Crippen LogP contribution in [0.4, 0.5) is 4.79 Å². The first-order valence-electron chi connectivity index (χ1n) is 1.95. The molecule has 2 amide bonds. The van der Waals surface area contributed by atoms with Gasteiger partial charge >= 0.3 is 6.03 Å². The fourth-order valence-corrected chi connectivity index (χ4v) is 0.328. The van der Waals surface area contributed by atoms with Crippen molar-refractivity contribution in [1.29, 1.82) is 0 Å². The van der Waals surface area contributed by atoms with E-state index in [-0.39, 0.29) is 18.4 Å². The summed E-state index contributed by atoms with van der Waals surface area (Å²) in [5, 5.41) is 5.95. The van der Waals surface area contributed by atoms with Gasteiger partial charge in [-0.05, 0) is 0 Å². The second-order valence-corrected chi connectivity index (χ2v) is 1.13. The van der Waals surface area contributed by atoms with Gasteiger partial charge in [-0.1, -0.05) is 0 Å². The first-order valence-corrected chi connectivity index (χ1v) is 1.95. The van der Waals surface area contributed by atoms with Gasteiger partial charge in [0.1, 0.15) is 0 Å². The van der Waals surface area contributed by atoms with Crippen LogP contribution in [0.2, 0.25) is 0 Å². The normalized spacial score (nSPS) is 15.8. The zero-order valence-electron chi connectivity index (χ0n) is 4.05. The molecule has 46 valence electrons. The molecule has 0 radical (unpaired) electrons. The van der Waals surface area contributed by atoms with E-state index in [0.717, 1.165) is 0 Å². The highest BCUT2D eigenvalue weighted by atomic mass is 35.5. The van der Waals surface area contributed by atoms with Gasteiger partial charge in [0.25, 0.3) is 0 Å². The Morgan fingerprint density at radius 1 is 1.75 bits per heavy atom. The molecule has 0 aromatic heterocycles. The van der Waals surface area contributed by atoms with Gasteiger partial charge in [0.15, 0.2) is 0 Å². The van der Waals surface area contributed by atoms with Gasteiger partial charge in [-0.25, -0.2) is 10.2 Å². The third-order valence-electron chi connectivity index (χ3n) is 0.611. The molecule has 0 fully saturated rings. The second-order valence-electron chi connectivity index (χ2n) is 1.13. The molecule has 0 unspecified atom stereocenters. The topological polar surface area (TPSA) is 53.5 Å². The Labute approximate surface area is 52.7 Å². The molecule has 1 heterocycles. The molecule has 0 atom stereocenters. The predicted molar refractivity (Wildman–Crippen MR) is 32.3 cm³/mol. The Hall–Kier alpha value is -0.770. The predicted octanol–water partition coefficient (Wildman–Crippen LogP) is -0.293. The Bertz CT molecular complexity index is 113. The molecule has 4 nitrogen and oxygen atoms in total. The van der Waals surface area contributed by atoms with E-state index in [2.05, 4.69) is 15.8 Å². The molecule has 0 aromatic rings. The SMILES string of the molecule is Cl.O=C1NCC=NN1. The number of nitrogens with one attached hydrogen (secondary N) is 2. The molecule has 1 aliphatic rings. The summed E-state index contributed by atoms with van der Waals surface area (Å²) in [7, 11) is 0. The van der Waals surface area contributed by atoms with Crippen molar-refractivity contribution in [1.82, 2.24) is 10.7 Å². The minimum atomic E-state index is -0.234. The van der Waals surface area contributed by atoms with Crippen molar-refractivity contribution in [3.8, 4) is 0 Å². The molecule has 5 heteroatoms. The largest absolute Gasteiger partial charge is 0.335 e. The van der Waals surface area contributed by atoms with Crippen LogP contribution < -0.4 is 10.7 Å². The summed E-state index contributed by atoms with van der Waals surface area (Å²) >= 11 is 0. The highest BCUT2D eigenvalue weighted by Gasteiger charge is 1.96. The molecule has 0 aromatic carbocycles. The average molecular weight is 136 g/mol. The van der Waals surface area contributed by atoms with Crippen molar-refractivity contribution in [2.24, 2.45) is 5.10 Å². The molecule has 0 saturated heterocycles. The standard InChI is InChI=1S/C3H5N3O.ClH/c7-3-4-1-2-5-6-3;/h2H,1H2,(H2,4,6,7);1H. The van der Waals surface area contributed by atoms with E-state index in [1.165, 1.54) is 0 Å². The third kappa shape index (κ3) is 1.79. The zero-order chi connectivity index (χ0) is 5.11. The average Bonchev–Trinajstić information content (AvgIpc) is 1.69. The van der Waals surface area contributed by atoms with Gasteiger partial charge in [-0.3, -0.25) is 0 Å². The molecule has 0 bridgehead atoms. The van der Waals surface area contributed by atoms with E-state index in [0.29, 0.717) is 6.54 Å². The van der Waals surface area contributed by atoms with Gasteiger partial charge < -0.3 is 5.32 Å². The molecule has 2 N–H and O–H groups in total. The number of rotatable bonds is 0. The summed E-state index contributed by atoms with van der Waals surface area (Å²) in [6.07, 6.45) is 1.58. The van der Waals surface area contributed by atoms with Crippen LogP contribution in [0.3, 0.4) is 0 Å². The van der Waals surface area contributed by atoms with E-state index in [4.69, 9.17) is 0 Å². The molecule has 0 aliphatic carbocycles. The fraction of sp³-hybridized carbons (Fsp3) is 0.333. The fourth-order valence-electron chi connectivity index (χ4n) is 0.328. The van der Waals surface area contributed by atoms with Crippen LogP contribution in [-0.2, 0) is 0 Å². The molecule has 1 aliphatic heterocycles. The molecule has 8 heavy (non-hydrogen) atoms. The van der Waals surface area contributed by atoms with E-state index in [9.17, 15) is 4.79 Å². The van der Waals surface area contributed by atoms with E-state index in [1.54, 1.807) is 6.21 Å². The van der Waals surface area contributed by atoms with Crippen LogP contribution in [0, 0.1) is 0 Å². The van der Waals surface area contributed by atoms with Crippen molar-refractivity contribution < 1.29 is 4.79 Å². The zero-order valence-corrected chi connectivity index (χ0v) is 4.86. The molecule has 0 spiro atoms. The monoisotopic (exact) mass is 135 g/mol. The molecule has 1 rings (SSSR count). The van der Waals surface area contributed by atoms with E-state index < -0.39 is 0 Å². The number of carbonyl (C=O) groups excluding carboxylic acids is 1. The summed E-state index contributed by atoms with van der Waals surface area (Å²) in [5.41, 5.74) is 2.20. The van der Waals surface area contributed by atoms with Crippen molar-refractivity contribution in [3.05, 3.63) is 0 Å². The van der Waals surface area contributed by atoms with Crippen LogP contribution in [-0.4, -0.2) is 18.8 Å². The van der Waals surface area contributed by atoms with Crippen molar-refractivity contribution >= 4 is 24.7 Å². The quantitative estimate of drug-likeness (QED) is 0.471. The highest BCUT2D eigenvalue weighted by molar-refractivity contribution is 5.85. The summed E-state index contributed by atoms with van der Waals surface area (Å²) in [6.45, 7) is 0.534. The number of hydrazone groups is 1. The van der Waals surface area contributed by atoms with Gasteiger partial charge in [0.05, 0.1) is 6.54 Å². The van der Waals surface area contributed by atoms with E-state index >= 15 is 0 Å². The lowest BCUT2D eigenvalue weighted by molar-refractivity contribution is 0.241. The van der Waals surface area contributed by atoms with Crippen molar-refractivity contribution in [2.45, 2.75) is 0 Å². The van der Waals surface area contributed by atoms with Crippen LogP contribution in [0.5, 0.6) is 0 Å². The van der Waals surface area contributed by atoms with Gasteiger partial charge in [-0.2, -0.15) is 5.10 Å². The first kappa shape index (κ1) is 7.23. The highest BCUT2D eigenvalue weighted by Crippen LogP contribution is 1.68. The summed E-state index contributed by atoms with van der Waals surface area (Å²) in [4.78, 5) is 10.1. The summed E-state index contributed by atoms with van der Waals surface area (Å²) in [6, 6.07) is -0.234. The Kier molecular flexibility index (Phi) is 2.95. The number of amides is 2. The number of nitrogens with zero attached hydrogens (tertiary/aromatic N) is 1. The summed E-state index contributed by atoms with van der Waals surface area (Å²) in [5.74, 6) is 0. The first-order chi connectivity index (χ1) is 3.39.